The van der Waals surface area contributed by atoms with Crippen LogP contribution in [0.3, 0.4) is 0 Å². The van der Waals surface area contributed by atoms with E-state index in [2.05, 4.69) is 21.2 Å². The van der Waals surface area contributed by atoms with Crippen molar-refractivity contribution >= 4 is 33.4 Å². The Kier molecular flexibility index (Phi) is 5.22. The molecule has 1 amide bonds. The first-order chi connectivity index (χ1) is 9.11. The number of halogens is 3. The molecule has 19 heavy (non-hydrogen) atoms. The SMILES string of the molecule is O=C(NCC1CCCC1CCl)c1ccc(Br)cc1F. The van der Waals surface area contributed by atoms with Crippen LogP contribution in [0.15, 0.2) is 22.7 Å². The van der Waals surface area contributed by atoms with Crippen LogP contribution in [0.4, 0.5) is 4.39 Å². The molecule has 1 aromatic carbocycles. The normalized spacial score (nSPS) is 22.5. The molecule has 0 bridgehead atoms. The fraction of sp³-hybridized carbons (Fsp3) is 0.500. The van der Waals surface area contributed by atoms with Crippen molar-refractivity contribution in [3.05, 3.63) is 34.1 Å². The molecule has 1 N–H and O–H groups in total. The van der Waals surface area contributed by atoms with E-state index in [1.807, 2.05) is 0 Å². The number of amides is 1. The predicted molar refractivity (Wildman–Crippen MR) is 78.0 cm³/mol. The third kappa shape index (κ3) is 3.69. The number of hydrogen-bond acceptors (Lipinski definition) is 1. The minimum Gasteiger partial charge on any atom is -0.352 e. The Morgan fingerprint density at radius 1 is 1.42 bits per heavy atom. The molecule has 1 aromatic rings. The van der Waals surface area contributed by atoms with E-state index in [9.17, 15) is 9.18 Å². The molecule has 2 rings (SSSR count). The number of carbonyl (C=O) groups is 1. The van der Waals surface area contributed by atoms with Gasteiger partial charge in [0.15, 0.2) is 0 Å². The highest BCUT2D eigenvalue weighted by Crippen LogP contribution is 2.32. The smallest absolute Gasteiger partial charge is 0.254 e. The molecule has 1 aliphatic carbocycles. The van der Waals surface area contributed by atoms with E-state index in [1.165, 1.54) is 12.1 Å². The van der Waals surface area contributed by atoms with Gasteiger partial charge in [0.25, 0.3) is 5.91 Å². The van der Waals surface area contributed by atoms with E-state index in [-0.39, 0.29) is 11.5 Å². The molecular formula is C14H16BrClFNO. The van der Waals surface area contributed by atoms with E-state index < -0.39 is 5.82 Å². The second-order valence-corrected chi connectivity index (χ2v) is 6.16. The zero-order valence-electron chi connectivity index (χ0n) is 10.5. The highest BCUT2D eigenvalue weighted by molar-refractivity contribution is 9.10. The first-order valence-electron chi connectivity index (χ1n) is 6.41. The van der Waals surface area contributed by atoms with Crippen LogP contribution in [0, 0.1) is 17.7 Å². The molecule has 0 heterocycles. The molecule has 2 unspecified atom stereocenters. The number of rotatable bonds is 4. The molecule has 1 saturated carbocycles. The molecule has 0 spiro atoms. The van der Waals surface area contributed by atoms with Gasteiger partial charge < -0.3 is 5.32 Å². The fourth-order valence-electron chi connectivity index (χ4n) is 2.58. The zero-order valence-corrected chi connectivity index (χ0v) is 12.8. The Morgan fingerprint density at radius 3 is 2.84 bits per heavy atom. The third-order valence-electron chi connectivity index (χ3n) is 3.72. The van der Waals surface area contributed by atoms with Gasteiger partial charge in [0.2, 0.25) is 0 Å². The van der Waals surface area contributed by atoms with Crippen molar-refractivity contribution in [3.8, 4) is 0 Å². The van der Waals surface area contributed by atoms with Crippen molar-refractivity contribution in [2.75, 3.05) is 12.4 Å². The monoisotopic (exact) mass is 347 g/mol. The Balaban J connectivity index is 1.94. The van der Waals surface area contributed by atoms with Crippen molar-refractivity contribution in [3.63, 3.8) is 0 Å². The average Bonchev–Trinajstić information content (AvgIpc) is 2.83. The van der Waals surface area contributed by atoms with Crippen LogP contribution in [-0.4, -0.2) is 18.3 Å². The Hall–Kier alpha value is -0.610. The summed E-state index contributed by atoms with van der Waals surface area (Å²) in [5.74, 6) is 0.654. The summed E-state index contributed by atoms with van der Waals surface area (Å²) in [5.41, 5.74) is 0.0867. The number of carbonyl (C=O) groups excluding carboxylic acids is 1. The number of alkyl halides is 1. The maximum Gasteiger partial charge on any atom is 0.254 e. The van der Waals surface area contributed by atoms with E-state index >= 15 is 0 Å². The van der Waals surface area contributed by atoms with Gasteiger partial charge in [-0.05, 0) is 42.9 Å². The van der Waals surface area contributed by atoms with Crippen LogP contribution in [0.5, 0.6) is 0 Å². The van der Waals surface area contributed by atoms with Gasteiger partial charge in [-0.1, -0.05) is 22.4 Å². The average molecular weight is 349 g/mol. The molecule has 0 aromatic heterocycles. The van der Waals surface area contributed by atoms with Gasteiger partial charge in [-0.15, -0.1) is 11.6 Å². The Labute approximate surface area is 125 Å². The first kappa shape index (κ1) is 14.8. The lowest BCUT2D eigenvalue weighted by molar-refractivity contribution is 0.0940. The van der Waals surface area contributed by atoms with Crippen LogP contribution in [0.1, 0.15) is 29.6 Å². The number of benzene rings is 1. The van der Waals surface area contributed by atoms with Crippen LogP contribution in [0.25, 0.3) is 0 Å². The van der Waals surface area contributed by atoms with Gasteiger partial charge in [0.05, 0.1) is 5.56 Å². The highest BCUT2D eigenvalue weighted by atomic mass is 79.9. The van der Waals surface area contributed by atoms with Crippen molar-refractivity contribution in [1.29, 1.82) is 0 Å². The van der Waals surface area contributed by atoms with E-state index in [4.69, 9.17) is 11.6 Å². The van der Waals surface area contributed by atoms with Gasteiger partial charge in [-0.2, -0.15) is 0 Å². The van der Waals surface area contributed by atoms with E-state index in [1.54, 1.807) is 6.07 Å². The fourth-order valence-corrected chi connectivity index (χ4v) is 3.32. The van der Waals surface area contributed by atoms with Crippen molar-refractivity contribution < 1.29 is 9.18 Å². The number of nitrogens with one attached hydrogen (secondary N) is 1. The molecule has 0 saturated heterocycles. The highest BCUT2D eigenvalue weighted by Gasteiger charge is 2.26. The third-order valence-corrected chi connectivity index (χ3v) is 4.60. The minimum absolute atomic E-state index is 0.0867. The standard InChI is InChI=1S/C14H16BrClFNO/c15-11-4-5-12(13(17)6-11)14(19)18-8-10-3-1-2-9(10)7-16/h4-6,9-10H,1-3,7-8H2,(H,18,19). The molecular weight excluding hydrogens is 333 g/mol. The summed E-state index contributed by atoms with van der Waals surface area (Å²) >= 11 is 9.07. The summed E-state index contributed by atoms with van der Waals surface area (Å²) in [4.78, 5) is 11.9. The second kappa shape index (κ2) is 6.71. The second-order valence-electron chi connectivity index (χ2n) is 4.94. The summed E-state index contributed by atoms with van der Waals surface area (Å²) < 4.78 is 14.3. The lowest BCUT2D eigenvalue weighted by atomic mass is 9.98. The van der Waals surface area contributed by atoms with Crippen molar-refractivity contribution in [2.24, 2.45) is 11.8 Å². The summed E-state index contributed by atoms with van der Waals surface area (Å²) in [7, 11) is 0. The summed E-state index contributed by atoms with van der Waals surface area (Å²) in [6, 6.07) is 4.45. The van der Waals surface area contributed by atoms with Crippen LogP contribution in [0.2, 0.25) is 0 Å². The Morgan fingerprint density at radius 2 is 2.16 bits per heavy atom. The first-order valence-corrected chi connectivity index (χ1v) is 7.73. The van der Waals surface area contributed by atoms with E-state index in [0.29, 0.717) is 28.7 Å². The molecule has 0 aliphatic heterocycles. The van der Waals surface area contributed by atoms with Crippen molar-refractivity contribution in [2.45, 2.75) is 19.3 Å². The zero-order chi connectivity index (χ0) is 13.8. The predicted octanol–water partition coefficient (Wildman–Crippen LogP) is 3.97. The van der Waals surface area contributed by atoms with E-state index in [0.717, 1.165) is 19.3 Å². The van der Waals surface area contributed by atoms with Gasteiger partial charge in [0.1, 0.15) is 5.82 Å². The van der Waals surface area contributed by atoms with Gasteiger partial charge >= 0.3 is 0 Å². The molecule has 5 heteroatoms. The topological polar surface area (TPSA) is 29.1 Å². The molecule has 2 nitrogen and oxygen atoms in total. The summed E-state index contributed by atoms with van der Waals surface area (Å²) in [6.07, 6.45) is 3.36. The lowest BCUT2D eigenvalue weighted by Gasteiger charge is -2.17. The minimum atomic E-state index is -0.507. The lowest BCUT2D eigenvalue weighted by Crippen LogP contribution is -2.31. The largest absolute Gasteiger partial charge is 0.352 e. The maximum absolute atomic E-state index is 13.6. The molecule has 104 valence electrons. The molecule has 1 aliphatic rings. The molecule has 1 fully saturated rings. The van der Waals surface area contributed by atoms with Crippen LogP contribution < -0.4 is 5.32 Å². The molecule has 0 radical (unpaired) electrons. The van der Waals surface area contributed by atoms with Gasteiger partial charge in [-0.25, -0.2) is 4.39 Å². The summed E-state index contributed by atoms with van der Waals surface area (Å²) in [6.45, 7) is 0.575. The Bertz CT molecular complexity index is 469. The van der Waals surface area contributed by atoms with Crippen LogP contribution in [-0.2, 0) is 0 Å². The maximum atomic E-state index is 13.6. The number of hydrogen-bond donors (Lipinski definition) is 1. The van der Waals surface area contributed by atoms with Gasteiger partial charge in [-0.3, -0.25) is 4.79 Å². The summed E-state index contributed by atoms with van der Waals surface area (Å²) in [5, 5.41) is 2.81. The quantitative estimate of drug-likeness (QED) is 0.820. The van der Waals surface area contributed by atoms with Crippen molar-refractivity contribution in [1.82, 2.24) is 5.32 Å². The van der Waals surface area contributed by atoms with Crippen LogP contribution >= 0.6 is 27.5 Å². The van der Waals surface area contributed by atoms with Gasteiger partial charge in [0, 0.05) is 16.9 Å². The molecule has 2 atom stereocenters.